The van der Waals surface area contributed by atoms with Crippen LogP contribution in [0, 0.1) is 5.41 Å². The maximum absolute atomic E-state index is 13.0. The van der Waals surface area contributed by atoms with Crippen molar-refractivity contribution in [1.29, 1.82) is 0 Å². The molecule has 2 aliphatic rings. The van der Waals surface area contributed by atoms with E-state index in [0.717, 1.165) is 17.7 Å². The molecule has 1 heterocycles. The lowest BCUT2D eigenvalue weighted by Gasteiger charge is -2.39. The number of benzene rings is 1. The SMILES string of the molecule is COC(=O)C1=C(C)NC2=C(C(=O)CC(C)(C)C2)[C@H]1c1ccccc1Cl. The number of ether oxygens (including phenoxy) is 1. The molecular weight excluding hydrogens is 338 g/mol. The molecule has 1 aromatic rings. The van der Waals surface area contributed by atoms with Crippen LogP contribution >= 0.6 is 11.6 Å². The van der Waals surface area contributed by atoms with Crippen LogP contribution in [0.25, 0.3) is 0 Å². The molecule has 1 aliphatic heterocycles. The summed E-state index contributed by atoms with van der Waals surface area (Å²) in [5, 5.41) is 3.82. The van der Waals surface area contributed by atoms with E-state index in [-0.39, 0.29) is 11.2 Å². The molecule has 0 amide bonds. The Bertz CT molecular complexity index is 820. The minimum absolute atomic E-state index is 0.0533. The Kier molecular flexibility index (Phi) is 4.50. The fraction of sp³-hybridized carbons (Fsp3) is 0.400. The molecule has 5 heteroatoms. The van der Waals surface area contributed by atoms with Gasteiger partial charge in [0, 0.05) is 34.3 Å². The second kappa shape index (κ2) is 6.34. The van der Waals surface area contributed by atoms with E-state index in [1.165, 1.54) is 7.11 Å². The number of rotatable bonds is 2. The number of methoxy groups -OCH3 is 1. The summed E-state index contributed by atoms with van der Waals surface area (Å²) in [5.74, 6) is -0.891. The van der Waals surface area contributed by atoms with Crippen molar-refractivity contribution in [2.45, 2.75) is 39.5 Å². The van der Waals surface area contributed by atoms with Crippen LogP contribution in [0.5, 0.6) is 0 Å². The molecule has 0 aromatic heterocycles. The van der Waals surface area contributed by atoms with Crippen LogP contribution in [0.15, 0.2) is 46.8 Å². The van der Waals surface area contributed by atoms with Gasteiger partial charge in [0.15, 0.2) is 5.78 Å². The third-order valence-corrected chi connectivity index (χ3v) is 5.21. The van der Waals surface area contributed by atoms with Gasteiger partial charge in [-0.2, -0.15) is 0 Å². The van der Waals surface area contributed by atoms with Gasteiger partial charge in [0.2, 0.25) is 0 Å². The van der Waals surface area contributed by atoms with Gasteiger partial charge in [-0.15, -0.1) is 0 Å². The predicted molar refractivity (Wildman–Crippen MR) is 97.1 cm³/mol. The second-order valence-corrected chi connectivity index (χ2v) is 7.85. The van der Waals surface area contributed by atoms with E-state index >= 15 is 0 Å². The average Bonchev–Trinajstić information content (AvgIpc) is 2.52. The summed E-state index contributed by atoms with van der Waals surface area (Å²) >= 11 is 6.42. The summed E-state index contributed by atoms with van der Waals surface area (Å²) in [6.07, 6.45) is 1.20. The molecule has 0 bridgehead atoms. The first kappa shape index (κ1) is 17.7. The van der Waals surface area contributed by atoms with Crippen LogP contribution in [0.1, 0.15) is 45.1 Å². The van der Waals surface area contributed by atoms with E-state index in [4.69, 9.17) is 16.3 Å². The molecule has 0 radical (unpaired) electrons. The Morgan fingerprint density at radius 1 is 1.28 bits per heavy atom. The van der Waals surface area contributed by atoms with Gasteiger partial charge >= 0.3 is 5.97 Å². The molecular formula is C20H22ClNO3. The number of hydrogen-bond acceptors (Lipinski definition) is 4. The van der Waals surface area contributed by atoms with Crippen molar-refractivity contribution >= 4 is 23.4 Å². The van der Waals surface area contributed by atoms with E-state index in [2.05, 4.69) is 19.2 Å². The number of ketones is 1. The topological polar surface area (TPSA) is 55.4 Å². The lowest BCUT2D eigenvalue weighted by molar-refractivity contribution is -0.136. The summed E-state index contributed by atoms with van der Waals surface area (Å²) in [4.78, 5) is 25.5. The average molecular weight is 360 g/mol. The number of nitrogens with one attached hydrogen (secondary N) is 1. The number of allylic oxidation sites excluding steroid dienone is 3. The summed E-state index contributed by atoms with van der Waals surface area (Å²) in [7, 11) is 1.35. The number of dihydropyridines is 1. The highest BCUT2D eigenvalue weighted by molar-refractivity contribution is 6.31. The molecule has 1 atom stereocenters. The fourth-order valence-electron chi connectivity index (χ4n) is 3.84. The first-order valence-electron chi connectivity index (χ1n) is 8.32. The van der Waals surface area contributed by atoms with E-state index < -0.39 is 11.9 Å². The molecule has 4 nitrogen and oxygen atoms in total. The van der Waals surface area contributed by atoms with Crippen molar-refractivity contribution in [2.75, 3.05) is 7.11 Å². The maximum Gasteiger partial charge on any atom is 0.336 e. The van der Waals surface area contributed by atoms with Gasteiger partial charge in [-0.25, -0.2) is 4.79 Å². The van der Waals surface area contributed by atoms with Crippen molar-refractivity contribution in [2.24, 2.45) is 5.41 Å². The van der Waals surface area contributed by atoms with Crippen molar-refractivity contribution < 1.29 is 14.3 Å². The van der Waals surface area contributed by atoms with Crippen molar-refractivity contribution in [3.05, 3.63) is 57.4 Å². The fourth-order valence-corrected chi connectivity index (χ4v) is 4.08. The van der Waals surface area contributed by atoms with Crippen molar-refractivity contribution in [3.8, 4) is 0 Å². The summed E-state index contributed by atoms with van der Waals surface area (Å²) < 4.78 is 4.99. The lowest BCUT2D eigenvalue weighted by atomic mass is 9.68. The van der Waals surface area contributed by atoms with E-state index in [9.17, 15) is 9.59 Å². The molecule has 0 spiro atoms. The van der Waals surface area contributed by atoms with Crippen LogP contribution in [0.3, 0.4) is 0 Å². The number of carbonyl (C=O) groups is 2. The first-order valence-corrected chi connectivity index (χ1v) is 8.70. The van der Waals surface area contributed by atoms with Crippen LogP contribution in [0.2, 0.25) is 5.02 Å². The van der Waals surface area contributed by atoms with Crippen LogP contribution in [-0.2, 0) is 14.3 Å². The maximum atomic E-state index is 13.0. The highest BCUT2D eigenvalue weighted by atomic mass is 35.5. The largest absolute Gasteiger partial charge is 0.466 e. The summed E-state index contributed by atoms with van der Waals surface area (Å²) in [5.41, 5.74) is 3.32. The Labute approximate surface area is 152 Å². The number of esters is 1. The van der Waals surface area contributed by atoms with Crippen LogP contribution < -0.4 is 5.32 Å². The van der Waals surface area contributed by atoms with E-state index in [1.54, 1.807) is 6.07 Å². The number of carbonyl (C=O) groups excluding carboxylic acids is 2. The Morgan fingerprint density at radius 2 is 1.96 bits per heavy atom. The molecule has 132 valence electrons. The lowest BCUT2D eigenvalue weighted by Crippen LogP contribution is -2.38. The summed E-state index contributed by atoms with van der Waals surface area (Å²) in [6, 6.07) is 7.35. The third kappa shape index (κ3) is 3.11. The smallest absolute Gasteiger partial charge is 0.336 e. The number of Topliss-reactive ketones (excluding diaryl/α,β-unsaturated/α-hetero) is 1. The molecule has 0 saturated carbocycles. The Morgan fingerprint density at radius 3 is 2.60 bits per heavy atom. The van der Waals surface area contributed by atoms with Crippen LogP contribution in [-0.4, -0.2) is 18.9 Å². The zero-order valence-corrected chi connectivity index (χ0v) is 15.7. The van der Waals surface area contributed by atoms with Crippen LogP contribution in [0.4, 0.5) is 0 Å². The van der Waals surface area contributed by atoms with Crippen molar-refractivity contribution in [3.63, 3.8) is 0 Å². The van der Waals surface area contributed by atoms with E-state index in [0.29, 0.717) is 28.3 Å². The van der Waals surface area contributed by atoms with Gasteiger partial charge in [0.1, 0.15) is 0 Å². The first-order chi connectivity index (χ1) is 11.7. The minimum atomic E-state index is -0.499. The Balaban J connectivity index is 2.24. The van der Waals surface area contributed by atoms with Gasteiger partial charge < -0.3 is 10.1 Å². The zero-order chi connectivity index (χ0) is 18.4. The van der Waals surface area contributed by atoms with Gasteiger partial charge in [0.25, 0.3) is 0 Å². The van der Waals surface area contributed by atoms with Gasteiger partial charge in [-0.05, 0) is 30.4 Å². The van der Waals surface area contributed by atoms with Gasteiger partial charge in [0.05, 0.1) is 12.7 Å². The highest BCUT2D eigenvalue weighted by Gasteiger charge is 2.43. The number of hydrogen-bond donors (Lipinski definition) is 1. The Hall–Kier alpha value is -2.07. The molecule has 3 rings (SSSR count). The molecule has 1 N–H and O–H groups in total. The second-order valence-electron chi connectivity index (χ2n) is 7.44. The molecule has 1 aromatic carbocycles. The number of halogens is 1. The zero-order valence-electron chi connectivity index (χ0n) is 14.9. The molecule has 0 fully saturated rings. The quantitative estimate of drug-likeness (QED) is 0.807. The standard InChI is InChI=1S/C20H22ClNO3/c1-11-16(19(24)25-4)17(12-7-5-6-8-13(12)21)18-14(22-11)9-20(2,3)10-15(18)23/h5-8,17,22H,9-10H2,1-4H3/t17-/m0/s1. The normalized spacial score (nSPS) is 22.4. The molecule has 0 unspecified atom stereocenters. The minimum Gasteiger partial charge on any atom is -0.466 e. The monoisotopic (exact) mass is 359 g/mol. The summed E-state index contributed by atoms with van der Waals surface area (Å²) in [6.45, 7) is 6.00. The molecule has 1 aliphatic carbocycles. The van der Waals surface area contributed by atoms with Gasteiger partial charge in [-0.1, -0.05) is 43.6 Å². The van der Waals surface area contributed by atoms with E-state index in [1.807, 2.05) is 25.1 Å². The molecule has 25 heavy (non-hydrogen) atoms. The van der Waals surface area contributed by atoms with Crippen molar-refractivity contribution in [1.82, 2.24) is 5.32 Å². The third-order valence-electron chi connectivity index (χ3n) is 4.86. The highest BCUT2D eigenvalue weighted by Crippen LogP contribution is 2.47. The van der Waals surface area contributed by atoms with Gasteiger partial charge in [-0.3, -0.25) is 4.79 Å². The molecule has 0 saturated heterocycles. The predicted octanol–water partition coefficient (Wildman–Crippen LogP) is 4.12.